The topological polar surface area (TPSA) is 66.2 Å². The molecule has 0 bridgehead atoms. The number of halogens is 1. The fourth-order valence-corrected chi connectivity index (χ4v) is 1.26. The molecule has 2 rings (SSSR count). The van der Waals surface area contributed by atoms with E-state index in [1.807, 2.05) is 12.1 Å². The van der Waals surface area contributed by atoms with Crippen LogP contribution < -0.4 is 24.0 Å². The van der Waals surface area contributed by atoms with Crippen LogP contribution in [0.15, 0.2) is 60.7 Å². The molecule has 0 aromatic heterocycles. The summed E-state index contributed by atoms with van der Waals surface area (Å²) in [5.74, 6) is 0. The molecule has 0 aliphatic rings. The summed E-state index contributed by atoms with van der Waals surface area (Å²) in [5, 5.41) is 14.8. The first-order valence-electron chi connectivity index (χ1n) is 4.62. The second-order valence-corrected chi connectivity index (χ2v) is 2.96. The standard InChI is InChI=1S/C12H10.H2I.NO3/c1-3-7-11(8-4-1)12-9-5-2-6-10-12;;2-1(3)4/h1-10H;1H2;/q;+1;-1. The van der Waals surface area contributed by atoms with E-state index in [0.29, 0.717) is 0 Å². The van der Waals surface area contributed by atoms with E-state index in [2.05, 4.69) is 48.5 Å². The predicted molar refractivity (Wildman–Crippen MR) is 65.0 cm³/mol. The summed E-state index contributed by atoms with van der Waals surface area (Å²) in [4.78, 5) is 8.25. The van der Waals surface area contributed by atoms with Crippen LogP contribution in [-0.4, -0.2) is 5.09 Å². The molecule has 2 aromatic rings. The molecule has 0 radical (unpaired) electrons. The molecule has 5 heteroatoms. The van der Waals surface area contributed by atoms with E-state index in [1.54, 1.807) is 0 Å². The van der Waals surface area contributed by atoms with E-state index >= 15 is 0 Å². The second-order valence-electron chi connectivity index (χ2n) is 2.96. The highest BCUT2D eigenvalue weighted by molar-refractivity contribution is 5.62. The number of benzene rings is 2. The number of hydrogen-bond acceptors (Lipinski definition) is 3. The normalized spacial score (nSPS) is 8.24. The lowest BCUT2D eigenvalue weighted by Gasteiger charge is -1.98. The molecule has 0 atom stereocenters. The molecule has 0 amide bonds. The van der Waals surface area contributed by atoms with Crippen molar-refractivity contribution in [3.8, 4) is 11.1 Å². The van der Waals surface area contributed by atoms with Gasteiger partial charge in [0.1, 0.15) is 0 Å². The molecule has 90 valence electrons. The molecule has 4 nitrogen and oxygen atoms in total. The van der Waals surface area contributed by atoms with E-state index in [-0.39, 0.29) is 24.0 Å². The zero-order valence-corrected chi connectivity index (χ0v) is 11.4. The Bertz CT molecular complexity index is 393. The number of nitrogens with zero attached hydrogens (tertiary/aromatic N) is 1. The van der Waals surface area contributed by atoms with Crippen LogP contribution in [0.4, 0.5) is 0 Å². The molecule has 0 heterocycles. The van der Waals surface area contributed by atoms with Crippen molar-refractivity contribution < 1.29 is 29.1 Å². The molecule has 2 aromatic carbocycles. The van der Waals surface area contributed by atoms with Crippen molar-refractivity contribution >= 4 is 0 Å². The zero-order chi connectivity index (χ0) is 11.8. The van der Waals surface area contributed by atoms with Crippen molar-refractivity contribution in [3.05, 3.63) is 76.0 Å². The summed E-state index contributed by atoms with van der Waals surface area (Å²) in [6.07, 6.45) is 0. The van der Waals surface area contributed by atoms with Gasteiger partial charge in [0.05, 0.1) is 5.09 Å². The average molecular weight is 345 g/mol. The molecule has 0 unspecified atom stereocenters. The monoisotopic (exact) mass is 345 g/mol. The van der Waals surface area contributed by atoms with Gasteiger partial charge in [0.25, 0.3) is 0 Å². The average Bonchev–Trinajstić information content (AvgIpc) is 2.31. The second kappa shape index (κ2) is 8.51. The van der Waals surface area contributed by atoms with E-state index < -0.39 is 5.09 Å². The first-order chi connectivity index (χ1) is 7.70. The highest BCUT2D eigenvalue weighted by Crippen LogP contribution is 2.17. The van der Waals surface area contributed by atoms with Crippen LogP contribution in [-0.2, 0) is 0 Å². The third-order valence-electron chi connectivity index (χ3n) is 1.88. The maximum absolute atomic E-state index is 8.25. The van der Waals surface area contributed by atoms with Gasteiger partial charge in [-0.05, 0) is 11.1 Å². The summed E-state index contributed by atoms with van der Waals surface area (Å²) >= 11 is 0. The molecule has 0 fully saturated rings. The Morgan fingerprint density at radius 1 is 0.706 bits per heavy atom. The maximum atomic E-state index is 8.25. The molecule has 0 aliphatic heterocycles. The molecule has 0 saturated heterocycles. The van der Waals surface area contributed by atoms with E-state index in [0.717, 1.165) is 0 Å². The predicted octanol–water partition coefficient (Wildman–Crippen LogP) is -0.417. The lowest BCUT2D eigenvalue weighted by Crippen LogP contribution is -3.00. The van der Waals surface area contributed by atoms with Gasteiger partial charge in [-0.3, -0.25) is 0 Å². The van der Waals surface area contributed by atoms with Crippen LogP contribution in [0, 0.1) is 15.3 Å². The van der Waals surface area contributed by atoms with Gasteiger partial charge in [-0.25, -0.2) is 0 Å². The van der Waals surface area contributed by atoms with Crippen molar-refractivity contribution in [2.75, 3.05) is 0 Å². The van der Waals surface area contributed by atoms with Gasteiger partial charge >= 0.3 is 0 Å². The van der Waals surface area contributed by atoms with Gasteiger partial charge in [0, 0.05) is 0 Å². The van der Waals surface area contributed by atoms with E-state index in [4.69, 9.17) is 15.3 Å². The fraction of sp³-hybridized carbons (Fsp3) is 0. The van der Waals surface area contributed by atoms with Gasteiger partial charge in [-0.2, -0.15) is 0 Å². The Hall–Kier alpha value is -1.63. The molecule has 0 spiro atoms. The molecular weight excluding hydrogens is 333 g/mol. The Kier molecular flexibility index (Phi) is 7.70. The van der Waals surface area contributed by atoms with Crippen LogP contribution in [0.25, 0.3) is 11.1 Å². The van der Waals surface area contributed by atoms with Crippen LogP contribution in [0.5, 0.6) is 0 Å². The van der Waals surface area contributed by atoms with Gasteiger partial charge in [-0.15, -0.1) is 0 Å². The Morgan fingerprint density at radius 2 is 0.941 bits per heavy atom. The number of rotatable bonds is 1. The third-order valence-corrected chi connectivity index (χ3v) is 1.88. The number of hydrogen-bond donors (Lipinski definition) is 0. The Labute approximate surface area is 116 Å². The van der Waals surface area contributed by atoms with Crippen molar-refractivity contribution in [1.29, 1.82) is 0 Å². The smallest absolute Gasteiger partial charge is 0.235 e. The summed E-state index contributed by atoms with van der Waals surface area (Å²) in [5.41, 5.74) is 2.55. The van der Waals surface area contributed by atoms with Crippen LogP contribution in [0.3, 0.4) is 0 Å². The van der Waals surface area contributed by atoms with Gasteiger partial charge in [-0.1, -0.05) is 60.7 Å². The van der Waals surface area contributed by atoms with Crippen molar-refractivity contribution in [1.82, 2.24) is 0 Å². The molecule has 0 saturated carbocycles. The van der Waals surface area contributed by atoms with E-state index in [1.165, 1.54) is 11.1 Å². The molecular formula is C12H12INO3. The van der Waals surface area contributed by atoms with Gasteiger partial charge in [0.2, 0.25) is 24.0 Å². The van der Waals surface area contributed by atoms with Crippen LogP contribution in [0.2, 0.25) is 0 Å². The largest absolute Gasteiger partial charge is 0.356 e. The minimum atomic E-state index is -1.75. The van der Waals surface area contributed by atoms with Gasteiger partial charge in [0.15, 0.2) is 0 Å². The highest BCUT2D eigenvalue weighted by atomic mass is 127. The van der Waals surface area contributed by atoms with Gasteiger partial charge < -0.3 is 15.3 Å². The Balaban J connectivity index is 0.000000453. The summed E-state index contributed by atoms with van der Waals surface area (Å²) in [6.45, 7) is 0. The first-order valence-corrected chi connectivity index (χ1v) is 4.62. The third kappa shape index (κ3) is 6.52. The minimum Gasteiger partial charge on any atom is -0.356 e. The lowest BCUT2D eigenvalue weighted by molar-refractivity contribution is -0.402. The first kappa shape index (κ1) is 15.4. The van der Waals surface area contributed by atoms with Crippen molar-refractivity contribution in [2.45, 2.75) is 0 Å². The maximum Gasteiger partial charge on any atom is 0.235 e. The fourth-order valence-electron chi connectivity index (χ4n) is 1.26. The van der Waals surface area contributed by atoms with Crippen molar-refractivity contribution in [3.63, 3.8) is 0 Å². The molecule has 17 heavy (non-hydrogen) atoms. The van der Waals surface area contributed by atoms with Crippen LogP contribution >= 0.6 is 0 Å². The highest BCUT2D eigenvalue weighted by Gasteiger charge is 1.91. The quantitative estimate of drug-likeness (QED) is 0.401. The minimum absolute atomic E-state index is 0. The molecule has 0 N–H and O–H groups in total. The van der Waals surface area contributed by atoms with E-state index in [9.17, 15) is 0 Å². The zero-order valence-electron chi connectivity index (χ0n) is 8.89. The summed E-state index contributed by atoms with van der Waals surface area (Å²) in [6, 6.07) is 20.8. The Morgan fingerprint density at radius 3 is 1.18 bits per heavy atom. The van der Waals surface area contributed by atoms with Crippen molar-refractivity contribution in [2.24, 2.45) is 0 Å². The SMILES string of the molecule is O=[N+]([O-])[O-].[IH2+].c1ccc(-c2ccccc2)cc1. The summed E-state index contributed by atoms with van der Waals surface area (Å²) in [7, 11) is 0. The van der Waals surface area contributed by atoms with Crippen LogP contribution in [0.1, 0.15) is 0 Å². The summed E-state index contributed by atoms with van der Waals surface area (Å²) < 4.78 is 0. The lowest BCUT2D eigenvalue weighted by atomic mass is 10.1. The molecule has 0 aliphatic carbocycles.